The Morgan fingerprint density at radius 1 is 1.15 bits per heavy atom. The number of carbonyl (C=O) groups excluding carboxylic acids is 1. The van der Waals surface area contributed by atoms with Gasteiger partial charge in [0.15, 0.2) is 11.4 Å². The van der Waals surface area contributed by atoms with Crippen LogP contribution in [0.4, 0.5) is 14.6 Å². The highest BCUT2D eigenvalue weighted by Gasteiger charge is 2.17. The minimum atomic E-state index is -0.991. The second kappa shape index (κ2) is 6.75. The van der Waals surface area contributed by atoms with Crippen LogP contribution >= 0.6 is 0 Å². The molecule has 0 aliphatic carbocycles. The van der Waals surface area contributed by atoms with E-state index < -0.39 is 23.4 Å². The first-order valence-corrected chi connectivity index (χ1v) is 7.65. The molecule has 1 N–H and O–H groups in total. The van der Waals surface area contributed by atoms with Crippen molar-refractivity contribution in [2.24, 2.45) is 0 Å². The van der Waals surface area contributed by atoms with Crippen molar-refractivity contribution in [3.8, 4) is 11.5 Å². The number of amides is 1. The summed E-state index contributed by atoms with van der Waals surface area (Å²) in [4.78, 5) is 23.9. The van der Waals surface area contributed by atoms with Crippen molar-refractivity contribution >= 4 is 17.4 Å². The minimum Gasteiger partial charge on any atom is -0.451 e. The van der Waals surface area contributed by atoms with Gasteiger partial charge in [0.2, 0.25) is 0 Å². The van der Waals surface area contributed by atoms with Crippen LogP contribution in [0.2, 0.25) is 0 Å². The first kappa shape index (κ1) is 16.5. The van der Waals surface area contributed by atoms with Gasteiger partial charge in [0.1, 0.15) is 23.7 Å². The number of nitrogens with zero attached hydrogens (tertiary/aromatic N) is 5. The lowest BCUT2D eigenvalue weighted by Gasteiger charge is -2.10. The first-order chi connectivity index (χ1) is 13.1. The van der Waals surface area contributed by atoms with Crippen LogP contribution in [0.3, 0.4) is 0 Å². The Hall–Kier alpha value is -3.95. The van der Waals surface area contributed by atoms with E-state index in [1.165, 1.54) is 29.3 Å². The standard InChI is InChI=1S/C17H10F2N6O2/c18-10-5-13(15(19)21-7-10)27-11-6-12(16-22-9-23-25(16)8-11)17(26)24-14-3-1-2-4-20-14/h1-9H,(H,20,24,26). The highest BCUT2D eigenvalue weighted by Crippen LogP contribution is 2.26. The normalized spacial score (nSPS) is 10.7. The summed E-state index contributed by atoms with van der Waals surface area (Å²) in [6.45, 7) is 0. The van der Waals surface area contributed by atoms with E-state index in [2.05, 4.69) is 25.4 Å². The molecular formula is C17H10F2N6O2. The molecule has 4 aromatic heterocycles. The molecule has 0 atom stereocenters. The molecule has 0 saturated heterocycles. The maximum absolute atomic E-state index is 13.7. The van der Waals surface area contributed by atoms with Gasteiger partial charge in [-0.15, -0.1) is 0 Å². The molecule has 0 bridgehead atoms. The number of halogens is 2. The summed E-state index contributed by atoms with van der Waals surface area (Å²) in [7, 11) is 0. The minimum absolute atomic E-state index is 0.0467. The third-order valence-corrected chi connectivity index (χ3v) is 3.50. The summed E-state index contributed by atoms with van der Waals surface area (Å²) < 4.78 is 33.7. The molecule has 1 amide bonds. The van der Waals surface area contributed by atoms with Gasteiger partial charge >= 0.3 is 0 Å². The van der Waals surface area contributed by atoms with Gasteiger partial charge in [-0.2, -0.15) is 9.49 Å². The predicted octanol–water partition coefficient (Wildman–Crippen LogP) is 2.84. The molecule has 0 spiro atoms. The van der Waals surface area contributed by atoms with Crippen molar-refractivity contribution in [2.45, 2.75) is 0 Å². The molecule has 0 fully saturated rings. The number of ether oxygens (including phenoxy) is 1. The van der Waals surface area contributed by atoms with Crippen LogP contribution in [-0.2, 0) is 0 Å². The third kappa shape index (κ3) is 3.40. The van der Waals surface area contributed by atoms with Gasteiger partial charge in [0.25, 0.3) is 11.9 Å². The number of carbonyl (C=O) groups is 1. The second-order valence-electron chi connectivity index (χ2n) is 5.33. The van der Waals surface area contributed by atoms with E-state index in [1.807, 2.05) is 0 Å². The van der Waals surface area contributed by atoms with Gasteiger partial charge in [0.05, 0.1) is 18.0 Å². The fraction of sp³-hybridized carbons (Fsp3) is 0. The Morgan fingerprint density at radius 3 is 2.85 bits per heavy atom. The molecule has 8 nitrogen and oxygen atoms in total. The smallest absolute Gasteiger partial charge is 0.260 e. The fourth-order valence-electron chi connectivity index (χ4n) is 2.35. The zero-order chi connectivity index (χ0) is 18.8. The van der Waals surface area contributed by atoms with E-state index in [9.17, 15) is 13.6 Å². The number of fused-ring (bicyclic) bond motifs is 1. The van der Waals surface area contributed by atoms with Gasteiger partial charge in [-0.25, -0.2) is 23.9 Å². The van der Waals surface area contributed by atoms with Crippen LogP contribution in [0.25, 0.3) is 5.65 Å². The molecule has 0 aromatic carbocycles. The van der Waals surface area contributed by atoms with Crippen molar-refractivity contribution < 1.29 is 18.3 Å². The number of nitrogens with one attached hydrogen (secondary N) is 1. The van der Waals surface area contributed by atoms with Gasteiger partial charge in [0, 0.05) is 12.3 Å². The predicted molar refractivity (Wildman–Crippen MR) is 89.4 cm³/mol. The van der Waals surface area contributed by atoms with Crippen LogP contribution in [0.5, 0.6) is 11.5 Å². The summed E-state index contributed by atoms with van der Waals surface area (Å²) in [5, 5.41) is 6.58. The highest BCUT2D eigenvalue weighted by atomic mass is 19.1. The van der Waals surface area contributed by atoms with Gasteiger partial charge in [-0.05, 0) is 18.2 Å². The number of aromatic nitrogens is 5. The lowest BCUT2D eigenvalue weighted by Crippen LogP contribution is -2.14. The van der Waals surface area contributed by atoms with Crippen LogP contribution in [0.1, 0.15) is 10.4 Å². The van der Waals surface area contributed by atoms with Crippen molar-refractivity contribution in [3.05, 3.63) is 72.6 Å². The molecule has 27 heavy (non-hydrogen) atoms. The number of anilines is 1. The topological polar surface area (TPSA) is 94.3 Å². The van der Waals surface area contributed by atoms with Crippen molar-refractivity contribution in [1.29, 1.82) is 0 Å². The average molecular weight is 368 g/mol. The Labute approximate surface area is 150 Å². The molecule has 134 valence electrons. The van der Waals surface area contributed by atoms with Crippen LogP contribution in [0, 0.1) is 11.8 Å². The van der Waals surface area contributed by atoms with Crippen molar-refractivity contribution in [2.75, 3.05) is 5.32 Å². The Balaban J connectivity index is 1.71. The summed E-state index contributed by atoms with van der Waals surface area (Å²) in [5.74, 6) is -2.31. The monoisotopic (exact) mass is 368 g/mol. The van der Waals surface area contributed by atoms with E-state index in [4.69, 9.17) is 4.74 Å². The molecular weight excluding hydrogens is 358 g/mol. The van der Waals surface area contributed by atoms with Crippen LogP contribution < -0.4 is 10.1 Å². The maximum Gasteiger partial charge on any atom is 0.260 e. The number of pyridine rings is 3. The molecule has 10 heteroatoms. The zero-order valence-electron chi connectivity index (χ0n) is 13.5. The lowest BCUT2D eigenvalue weighted by molar-refractivity contribution is 0.102. The average Bonchev–Trinajstić information content (AvgIpc) is 3.13. The maximum atomic E-state index is 13.7. The molecule has 0 radical (unpaired) electrons. The number of hydrogen-bond donors (Lipinski definition) is 1. The molecule has 0 unspecified atom stereocenters. The van der Waals surface area contributed by atoms with Gasteiger partial charge in [-0.1, -0.05) is 6.07 Å². The molecule has 0 aliphatic heterocycles. The largest absolute Gasteiger partial charge is 0.451 e. The van der Waals surface area contributed by atoms with Crippen molar-refractivity contribution in [1.82, 2.24) is 24.6 Å². The second-order valence-corrected chi connectivity index (χ2v) is 5.33. The van der Waals surface area contributed by atoms with E-state index in [0.29, 0.717) is 5.82 Å². The summed E-state index contributed by atoms with van der Waals surface area (Å²) in [5.41, 5.74) is 0.369. The quantitative estimate of drug-likeness (QED) is 0.557. The summed E-state index contributed by atoms with van der Waals surface area (Å²) >= 11 is 0. The fourth-order valence-corrected chi connectivity index (χ4v) is 2.35. The van der Waals surface area contributed by atoms with Gasteiger partial charge in [-0.3, -0.25) is 4.79 Å². The first-order valence-electron chi connectivity index (χ1n) is 7.65. The lowest BCUT2D eigenvalue weighted by atomic mass is 10.2. The zero-order valence-corrected chi connectivity index (χ0v) is 13.5. The Bertz CT molecular complexity index is 1130. The van der Waals surface area contributed by atoms with Crippen LogP contribution in [-0.4, -0.2) is 30.5 Å². The Morgan fingerprint density at radius 2 is 2.04 bits per heavy atom. The summed E-state index contributed by atoms with van der Waals surface area (Å²) in [6.07, 6.45) is 4.89. The number of hydrogen-bond acceptors (Lipinski definition) is 6. The highest BCUT2D eigenvalue weighted by molar-refractivity contribution is 6.08. The molecule has 4 heterocycles. The van der Waals surface area contributed by atoms with E-state index in [-0.39, 0.29) is 17.0 Å². The van der Waals surface area contributed by atoms with E-state index in [0.717, 1.165) is 12.3 Å². The number of rotatable bonds is 4. The molecule has 4 aromatic rings. The van der Waals surface area contributed by atoms with Crippen molar-refractivity contribution in [3.63, 3.8) is 0 Å². The van der Waals surface area contributed by atoms with E-state index in [1.54, 1.807) is 18.2 Å². The molecule has 0 saturated carbocycles. The Kier molecular flexibility index (Phi) is 4.13. The van der Waals surface area contributed by atoms with Gasteiger partial charge < -0.3 is 10.1 Å². The van der Waals surface area contributed by atoms with E-state index >= 15 is 0 Å². The molecule has 0 aliphatic rings. The van der Waals surface area contributed by atoms with Crippen LogP contribution in [0.15, 0.2) is 55.2 Å². The SMILES string of the molecule is O=C(Nc1ccccn1)c1cc(Oc2cc(F)cnc2F)cn2ncnc12. The summed E-state index contributed by atoms with van der Waals surface area (Å²) in [6, 6.07) is 7.23. The third-order valence-electron chi connectivity index (χ3n) is 3.50. The molecule has 4 rings (SSSR count).